The average molecular weight is 302 g/mol. The lowest BCUT2D eigenvalue weighted by Gasteiger charge is -2.18. The summed E-state index contributed by atoms with van der Waals surface area (Å²) < 4.78 is 13.2. The van der Waals surface area contributed by atoms with Crippen LogP contribution in [0.4, 0.5) is 4.39 Å². The van der Waals surface area contributed by atoms with Crippen LogP contribution in [-0.2, 0) is 15.1 Å². The fraction of sp³-hybridized carbons (Fsp3) is 0.385. The molecule has 1 aliphatic rings. The Labute approximate surface area is 122 Å². The number of carbonyl (C=O) groups is 2. The van der Waals surface area contributed by atoms with Crippen molar-refractivity contribution in [2.75, 3.05) is 13.1 Å². The van der Waals surface area contributed by atoms with Gasteiger partial charge in [-0.1, -0.05) is 12.1 Å². The van der Waals surface area contributed by atoms with Gasteiger partial charge in [0.2, 0.25) is 11.8 Å². The predicted octanol–water partition coefficient (Wildman–Crippen LogP) is 0.428. The third kappa shape index (κ3) is 3.91. The predicted molar refractivity (Wildman–Crippen MR) is 74.8 cm³/mol. The molecule has 1 fully saturated rings. The van der Waals surface area contributed by atoms with E-state index in [2.05, 4.69) is 10.6 Å². The number of halogens is 2. The zero-order valence-electron chi connectivity index (χ0n) is 10.8. The molecule has 1 saturated carbocycles. The maximum absolute atomic E-state index is 13.2. The first-order valence-electron chi connectivity index (χ1n) is 6.09. The molecular formula is C13H17ClFN3O2. The Morgan fingerprint density at radius 3 is 2.55 bits per heavy atom. The van der Waals surface area contributed by atoms with Crippen molar-refractivity contribution in [1.82, 2.24) is 10.6 Å². The number of nitrogens with one attached hydrogen (secondary N) is 2. The normalized spacial score (nSPS) is 14.9. The largest absolute Gasteiger partial charge is 0.346 e. The molecule has 2 amide bonds. The molecule has 1 aromatic carbocycles. The second kappa shape index (κ2) is 6.67. The first-order chi connectivity index (χ1) is 9.05. The van der Waals surface area contributed by atoms with Crippen LogP contribution in [0.15, 0.2) is 24.3 Å². The molecule has 0 unspecified atom stereocenters. The second-order valence-corrected chi connectivity index (χ2v) is 4.62. The SMILES string of the molecule is Cl.NCC(=O)NCC(=O)NC1(c2cccc(F)c2)CC1. The van der Waals surface area contributed by atoms with Crippen molar-refractivity contribution in [3.63, 3.8) is 0 Å². The van der Waals surface area contributed by atoms with E-state index in [1.54, 1.807) is 12.1 Å². The highest BCUT2D eigenvalue weighted by molar-refractivity contribution is 5.86. The number of rotatable bonds is 5. The van der Waals surface area contributed by atoms with Crippen LogP contribution >= 0.6 is 12.4 Å². The van der Waals surface area contributed by atoms with E-state index in [1.807, 2.05) is 0 Å². The first kappa shape index (κ1) is 16.4. The van der Waals surface area contributed by atoms with Gasteiger partial charge in [-0.2, -0.15) is 0 Å². The molecule has 2 rings (SSSR count). The van der Waals surface area contributed by atoms with Crippen LogP contribution in [0.2, 0.25) is 0 Å². The molecule has 1 aromatic rings. The summed E-state index contributed by atoms with van der Waals surface area (Å²) >= 11 is 0. The number of hydrogen-bond acceptors (Lipinski definition) is 3. The second-order valence-electron chi connectivity index (χ2n) is 4.62. The van der Waals surface area contributed by atoms with Gasteiger partial charge in [0.05, 0.1) is 18.6 Å². The highest BCUT2D eigenvalue weighted by atomic mass is 35.5. The maximum Gasteiger partial charge on any atom is 0.240 e. The van der Waals surface area contributed by atoms with Crippen LogP contribution in [0.25, 0.3) is 0 Å². The molecule has 0 heterocycles. The minimum atomic E-state index is -0.480. The highest BCUT2D eigenvalue weighted by Crippen LogP contribution is 2.45. The summed E-state index contributed by atoms with van der Waals surface area (Å²) in [6, 6.07) is 6.19. The van der Waals surface area contributed by atoms with Gasteiger partial charge < -0.3 is 16.4 Å². The van der Waals surface area contributed by atoms with E-state index in [1.165, 1.54) is 12.1 Å². The van der Waals surface area contributed by atoms with Gasteiger partial charge in [0.1, 0.15) is 5.82 Å². The van der Waals surface area contributed by atoms with Crippen LogP contribution in [0.3, 0.4) is 0 Å². The molecule has 7 heteroatoms. The molecule has 0 aliphatic heterocycles. The smallest absolute Gasteiger partial charge is 0.240 e. The van der Waals surface area contributed by atoms with Crippen LogP contribution < -0.4 is 16.4 Å². The van der Waals surface area contributed by atoms with Crippen molar-refractivity contribution < 1.29 is 14.0 Å². The van der Waals surface area contributed by atoms with Gasteiger partial charge in [-0.3, -0.25) is 9.59 Å². The Kier molecular flexibility index (Phi) is 5.47. The van der Waals surface area contributed by atoms with Gasteiger partial charge in [-0.05, 0) is 30.5 Å². The zero-order chi connectivity index (χ0) is 13.9. The molecule has 0 spiro atoms. The van der Waals surface area contributed by atoms with Gasteiger partial charge in [-0.25, -0.2) is 4.39 Å². The summed E-state index contributed by atoms with van der Waals surface area (Å²) in [6.07, 6.45) is 1.54. The summed E-state index contributed by atoms with van der Waals surface area (Å²) in [5.41, 5.74) is 5.40. The lowest BCUT2D eigenvalue weighted by atomic mass is 10.0. The van der Waals surface area contributed by atoms with Crippen molar-refractivity contribution in [1.29, 1.82) is 0 Å². The van der Waals surface area contributed by atoms with E-state index in [-0.39, 0.29) is 43.1 Å². The summed E-state index contributed by atoms with van der Waals surface area (Å²) in [7, 11) is 0. The number of carbonyl (C=O) groups excluding carboxylic acids is 2. The van der Waals surface area contributed by atoms with Crippen molar-refractivity contribution >= 4 is 24.2 Å². The van der Waals surface area contributed by atoms with Crippen LogP contribution in [0.1, 0.15) is 18.4 Å². The number of benzene rings is 1. The van der Waals surface area contributed by atoms with Gasteiger partial charge >= 0.3 is 0 Å². The lowest BCUT2D eigenvalue weighted by Crippen LogP contribution is -2.43. The van der Waals surface area contributed by atoms with Gasteiger partial charge in [-0.15, -0.1) is 12.4 Å². The third-order valence-electron chi connectivity index (χ3n) is 3.14. The summed E-state index contributed by atoms with van der Waals surface area (Å²) in [6.45, 7) is -0.268. The summed E-state index contributed by atoms with van der Waals surface area (Å²) in [5, 5.41) is 5.22. The highest BCUT2D eigenvalue weighted by Gasteiger charge is 2.45. The summed E-state index contributed by atoms with van der Waals surface area (Å²) in [5.74, 6) is -1.01. The van der Waals surface area contributed by atoms with E-state index < -0.39 is 5.54 Å². The van der Waals surface area contributed by atoms with Gasteiger partial charge in [0.25, 0.3) is 0 Å². The van der Waals surface area contributed by atoms with Crippen molar-refractivity contribution in [2.24, 2.45) is 5.73 Å². The van der Waals surface area contributed by atoms with Gasteiger partial charge in [0.15, 0.2) is 0 Å². The van der Waals surface area contributed by atoms with E-state index in [0.29, 0.717) is 0 Å². The molecule has 0 aromatic heterocycles. The van der Waals surface area contributed by atoms with E-state index in [4.69, 9.17) is 5.73 Å². The molecule has 4 N–H and O–H groups in total. The molecule has 1 aliphatic carbocycles. The number of amides is 2. The van der Waals surface area contributed by atoms with Crippen molar-refractivity contribution in [3.05, 3.63) is 35.6 Å². The standard InChI is InChI=1S/C13H16FN3O2.ClH/c14-10-3-1-2-9(6-10)13(4-5-13)17-12(19)8-16-11(18)7-15;/h1-3,6H,4-5,7-8,15H2,(H,16,18)(H,17,19);1H. The Morgan fingerprint density at radius 2 is 2.00 bits per heavy atom. The van der Waals surface area contributed by atoms with Crippen LogP contribution in [0.5, 0.6) is 0 Å². The number of hydrogen-bond donors (Lipinski definition) is 3. The van der Waals surface area contributed by atoms with Crippen molar-refractivity contribution in [3.8, 4) is 0 Å². The van der Waals surface area contributed by atoms with Crippen LogP contribution in [0, 0.1) is 5.82 Å². The topological polar surface area (TPSA) is 84.2 Å². The molecule has 0 radical (unpaired) electrons. The molecule has 0 atom stereocenters. The zero-order valence-corrected chi connectivity index (χ0v) is 11.6. The Balaban J connectivity index is 0.00000200. The minimum absolute atomic E-state index is 0. The minimum Gasteiger partial charge on any atom is -0.346 e. The average Bonchev–Trinajstić information content (AvgIpc) is 3.17. The van der Waals surface area contributed by atoms with Crippen LogP contribution in [-0.4, -0.2) is 24.9 Å². The lowest BCUT2D eigenvalue weighted by molar-refractivity contribution is -0.126. The summed E-state index contributed by atoms with van der Waals surface area (Å²) in [4.78, 5) is 22.7. The van der Waals surface area contributed by atoms with Crippen molar-refractivity contribution in [2.45, 2.75) is 18.4 Å². The van der Waals surface area contributed by atoms with E-state index in [9.17, 15) is 14.0 Å². The number of nitrogens with two attached hydrogens (primary N) is 1. The van der Waals surface area contributed by atoms with Gasteiger partial charge in [0, 0.05) is 0 Å². The Morgan fingerprint density at radius 1 is 1.30 bits per heavy atom. The molecule has 0 saturated heterocycles. The molecular weight excluding hydrogens is 285 g/mol. The maximum atomic E-state index is 13.2. The fourth-order valence-corrected chi connectivity index (χ4v) is 1.96. The quantitative estimate of drug-likeness (QED) is 0.737. The molecule has 110 valence electrons. The molecule has 5 nitrogen and oxygen atoms in total. The monoisotopic (exact) mass is 301 g/mol. The van der Waals surface area contributed by atoms with E-state index in [0.717, 1.165) is 18.4 Å². The first-order valence-corrected chi connectivity index (χ1v) is 6.09. The molecule has 0 bridgehead atoms. The Hall–Kier alpha value is -1.66. The molecule has 20 heavy (non-hydrogen) atoms. The fourth-order valence-electron chi connectivity index (χ4n) is 1.96. The Bertz CT molecular complexity index is 506. The van der Waals surface area contributed by atoms with E-state index >= 15 is 0 Å². The third-order valence-corrected chi connectivity index (χ3v) is 3.14.